The Balaban J connectivity index is 1.84. The van der Waals surface area contributed by atoms with Crippen LogP contribution in [0, 0.1) is 0 Å². The van der Waals surface area contributed by atoms with E-state index in [2.05, 4.69) is 15.6 Å². The second-order valence-corrected chi connectivity index (χ2v) is 7.16. The number of aromatic nitrogens is 2. The quantitative estimate of drug-likeness (QED) is 0.568. The maximum absolute atomic E-state index is 12.3. The smallest absolute Gasteiger partial charge is 0.337 e. The lowest BCUT2D eigenvalue weighted by atomic mass is 10.1. The Morgan fingerprint density at radius 1 is 1.44 bits per heavy atom. The largest absolute Gasteiger partial charge is 0.463 e. The number of urea groups is 1. The second kappa shape index (κ2) is 8.49. The van der Waals surface area contributed by atoms with Gasteiger partial charge >= 0.3 is 12.0 Å². The minimum Gasteiger partial charge on any atom is -0.463 e. The molecule has 2 aromatic rings. The molecule has 7 nitrogen and oxygen atoms in total. The molecule has 142 valence electrons. The van der Waals surface area contributed by atoms with Gasteiger partial charge in [-0.25, -0.2) is 14.6 Å². The highest BCUT2D eigenvalue weighted by atomic mass is 35.5. The van der Waals surface area contributed by atoms with Crippen LogP contribution in [-0.4, -0.2) is 40.0 Å². The highest BCUT2D eigenvalue weighted by Crippen LogP contribution is 2.26. The zero-order valence-corrected chi connectivity index (χ0v) is 16.4. The van der Waals surface area contributed by atoms with Crippen LogP contribution < -0.4 is 10.6 Å². The molecule has 1 aliphatic rings. The van der Waals surface area contributed by atoms with Crippen LogP contribution in [0.3, 0.4) is 0 Å². The third-order valence-corrected chi connectivity index (χ3v) is 5.13. The van der Waals surface area contributed by atoms with Gasteiger partial charge < -0.3 is 15.4 Å². The van der Waals surface area contributed by atoms with Gasteiger partial charge in [0.25, 0.3) is 0 Å². The van der Waals surface area contributed by atoms with Gasteiger partial charge in [-0.15, -0.1) is 0 Å². The van der Waals surface area contributed by atoms with E-state index < -0.39 is 12.0 Å². The minimum atomic E-state index is -0.439. The maximum atomic E-state index is 12.3. The highest BCUT2D eigenvalue weighted by Gasteiger charge is 2.29. The van der Waals surface area contributed by atoms with Crippen molar-refractivity contribution in [3.8, 4) is 5.69 Å². The highest BCUT2D eigenvalue weighted by molar-refractivity contribution is 7.99. The number of thioether (sulfide) groups is 1. The fraction of sp³-hybridized carbons (Fsp3) is 0.278. The molecule has 9 heteroatoms. The van der Waals surface area contributed by atoms with E-state index in [9.17, 15) is 9.59 Å². The first kappa shape index (κ1) is 19.3. The van der Waals surface area contributed by atoms with Gasteiger partial charge in [-0.05, 0) is 32.0 Å². The van der Waals surface area contributed by atoms with Crippen LogP contribution in [0.4, 0.5) is 4.79 Å². The van der Waals surface area contributed by atoms with Gasteiger partial charge in [-0.3, -0.25) is 4.57 Å². The lowest BCUT2D eigenvalue weighted by Crippen LogP contribution is -2.49. The number of halogens is 1. The van der Waals surface area contributed by atoms with Crippen molar-refractivity contribution in [3.63, 3.8) is 0 Å². The molecule has 2 heterocycles. The van der Waals surface area contributed by atoms with Gasteiger partial charge in [0.05, 0.1) is 18.2 Å². The van der Waals surface area contributed by atoms with Gasteiger partial charge in [0.1, 0.15) is 0 Å². The molecule has 0 bridgehead atoms. The topological polar surface area (TPSA) is 85.2 Å². The van der Waals surface area contributed by atoms with E-state index >= 15 is 0 Å². The number of ether oxygens (including phenoxy) is 1. The molecular formula is C18H19ClN4O3S. The number of amides is 2. The standard InChI is InChI=1S/C18H19ClN4O3S/c1-3-26-16(24)15-11(2)21-17(25)22-14(15)10-27-18-20-7-8-23(18)13-6-4-5-12(19)9-13/h4-9,11H,3,10H2,1-2H3,(H2,21,22,25). The number of hydrogen-bond acceptors (Lipinski definition) is 5. The average Bonchev–Trinajstić information content (AvgIpc) is 3.08. The van der Waals surface area contributed by atoms with E-state index in [-0.39, 0.29) is 12.6 Å². The van der Waals surface area contributed by atoms with Crippen LogP contribution in [0.15, 0.2) is 53.1 Å². The number of esters is 1. The summed E-state index contributed by atoms with van der Waals surface area (Å²) in [5, 5.41) is 6.74. The van der Waals surface area contributed by atoms with Crippen LogP contribution in [0.1, 0.15) is 13.8 Å². The first-order valence-electron chi connectivity index (χ1n) is 8.39. The molecule has 1 aliphatic heterocycles. The molecule has 2 N–H and O–H groups in total. The summed E-state index contributed by atoms with van der Waals surface area (Å²) in [6, 6.07) is 6.66. The van der Waals surface area contributed by atoms with Crippen molar-refractivity contribution in [2.75, 3.05) is 12.4 Å². The number of carbonyl (C=O) groups excluding carboxylic acids is 2. The Labute approximate surface area is 166 Å². The molecule has 0 aliphatic carbocycles. The molecule has 0 fully saturated rings. The Hall–Kier alpha value is -2.45. The normalized spacial score (nSPS) is 16.7. The van der Waals surface area contributed by atoms with Crippen LogP contribution in [0.5, 0.6) is 0 Å². The van der Waals surface area contributed by atoms with E-state index in [1.807, 2.05) is 29.0 Å². The summed E-state index contributed by atoms with van der Waals surface area (Å²) < 4.78 is 7.02. The summed E-state index contributed by atoms with van der Waals surface area (Å²) in [6.45, 7) is 3.76. The number of imidazole rings is 1. The van der Waals surface area contributed by atoms with E-state index in [4.69, 9.17) is 16.3 Å². The van der Waals surface area contributed by atoms with Crippen molar-refractivity contribution >= 4 is 35.4 Å². The van der Waals surface area contributed by atoms with Crippen molar-refractivity contribution in [2.45, 2.75) is 25.0 Å². The molecule has 1 aromatic heterocycles. The summed E-state index contributed by atoms with van der Waals surface area (Å²) >= 11 is 7.48. The van der Waals surface area contributed by atoms with E-state index in [1.54, 1.807) is 26.1 Å². The number of nitrogens with zero attached hydrogens (tertiary/aromatic N) is 2. The number of benzene rings is 1. The van der Waals surface area contributed by atoms with Crippen molar-refractivity contribution in [1.29, 1.82) is 0 Å². The molecule has 3 rings (SSSR count). The summed E-state index contributed by atoms with van der Waals surface area (Å²) in [7, 11) is 0. The Morgan fingerprint density at radius 2 is 2.26 bits per heavy atom. The van der Waals surface area contributed by atoms with E-state index in [0.717, 1.165) is 5.69 Å². The SMILES string of the molecule is CCOC(=O)C1=C(CSc2nccn2-c2cccc(Cl)c2)NC(=O)NC1C. The summed E-state index contributed by atoms with van der Waals surface area (Å²) in [6.07, 6.45) is 3.52. The summed E-state index contributed by atoms with van der Waals surface area (Å²) in [5.41, 5.74) is 1.82. The number of hydrogen-bond donors (Lipinski definition) is 2. The number of nitrogens with one attached hydrogen (secondary N) is 2. The second-order valence-electron chi connectivity index (χ2n) is 5.78. The van der Waals surface area contributed by atoms with Gasteiger partial charge in [-0.2, -0.15) is 0 Å². The first-order valence-corrected chi connectivity index (χ1v) is 9.75. The molecule has 0 saturated heterocycles. The van der Waals surface area contributed by atoms with Crippen molar-refractivity contribution in [3.05, 3.63) is 53.0 Å². The third kappa shape index (κ3) is 4.45. The van der Waals surface area contributed by atoms with E-state index in [1.165, 1.54) is 11.8 Å². The zero-order chi connectivity index (χ0) is 19.4. The van der Waals surface area contributed by atoms with Gasteiger partial charge in [-0.1, -0.05) is 29.4 Å². The monoisotopic (exact) mass is 406 g/mol. The Kier molecular flexibility index (Phi) is 6.08. The molecule has 1 aromatic carbocycles. The molecule has 2 amide bonds. The van der Waals surface area contributed by atoms with Crippen molar-refractivity contribution < 1.29 is 14.3 Å². The van der Waals surface area contributed by atoms with E-state index in [0.29, 0.717) is 27.2 Å². The molecule has 27 heavy (non-hydrogen) atoms. The molecule has 1 atom stereocenters. The Morgan fingerprint density at radius 3 is 3.00 bits per heavy atom. The third-order valence-electron chi connectivity index (χ3n) is 3.90. The van der Waals surface area contributed by atoms with Crippen LogP contribution in [-0.2, 0) is 9.53 Å². The molecular weight excluding hydrogens is 388 g/mol. The van der Waals surface area contributed by atoms with Crippen LogP contribution in [0.2, 0.25) is 5.02 Å². The number of carbonyl (C=O) groups is 2. The number of rotatable bonds is 6. The summed E-state index contributed by atoms with van der Waals surface area (Å²) in [4.78, 5) is 28.5. The lowest BCUT2D eigenvalue weighted by Gasteiger charge is -2.26. The lowest BCUT2D eigenvalue weighted by molar-refractivity contribution is -0.138. The minimum absolute atomic E-state index is 0.266. The molecule has 1 unspecified atom stereocenters. The predicted octanol–water partition coefficient (Wildman–Crippen LogP) is 3.14. The predicted molar refractivity (Wildman–Crippen MR) is 104 cm³/mol. The van der Waals surface area contributed by atoms with Gasteiger partial charge in [0.15, 0.2) is 5.16 Å². The molecule has 0 radical (unpaired) electrons. The fourth-order valence-electron chi connectivity index (χ4n) is 2.75. The molecule has 0 saturated carbocycles. The summed E-state index contributed by atoms with van der Waals surface area (Å²) in [5.74, 6) is -0.0741. The van der Waals surface area contributed by atoms with Crippen LogP contribution in [0.25, 0.3) is 5.69 Å². The fourth-order valence-corrected chi connectivity index (χ4v) is 3.88. The maximum Gasteiger partial charge on any atom is 0.337 e. The van der Waals surface area contributed by atoms with Crippen molar-refractivity contribution in [1.82, 2.24) is 20.2 Å². The average molecular weight is 407 g/mol. The van der Waals surface area contributed by atoms with Crippen molar-refractivity contribution in [2.24, 2.45) is 0 Å². The molecule has 0 spiro atoms. The zero-order valence-electron chi connectivity index (χ0n) is 14.9. The Bertz CT molecular complexity index is 896. The first-order chi connectivity index (χ1) is 13.0. The van der Waals surface area contributed by atoms with Gasteiger partial charge in [0.2, 0.25) is 0 Å². The van der Waals surface area contributed by atoms with Crippen LogP contribution >= 0.6 is 23.4 Å². The van der Waals surface area contributed by atoms with Gasteiger partial charge in [0, 0.05) is 34.6 Å².